The minimum Gasteiger partial charge on any atom is -0.352 e. The van der Waals surface area contributed by atoms with Crippen molar-refractivity contribution in [3.8, 4) is 6.07 Å². The van der Waals surface area contributed by atoms with Crippen LogP contribution in [-0.2, 0) is 4.79 Å². The highest BCUT2D eigenvalue weighted by atomic mass is 19.4. The molecule has 1 N–H and O–H groups in total. The fourth-order valence-corrected chi connectivity index (χ4v) is 3.29. The van der Waals surface area contributed by atoms with Gasteiger partial charge in [-0.15, -0.1) is 0 Å². The summed E-state index contributed by atoms with van der Waals surface area (Å²) in [5.74, 6) is -2.72. The van der Waals surface area contributed by atoms with Crippen molar-refractivity contribution in [2.45, 2.75) is 24.6 Å². The molecule has 1 aliphatic rings. The monoisotopic (exact) mass is 393 g/mol. The lowest BCUT2D eigenvalue weighted by atomic mass is 9.85. The number of aromatic nitrogens is 2. The van der Waals surface area contributed by atoms with E-state index in [0.29, 0.717) is 18.5 Å². The smallest absolute Gasteiger partial charge is 0.352 e. The molecule has 146 valence electrons. The molecule has 1 fully saturated rings. The van der Waals surface area contributed by atoms with Crippen LogP contribution < -0.4 is 10.2 Å². The third-order valence-electron chi connectivity index (χ3n) is 4.57. The molecule has 10 heteroatoms. The van der Waals surface area contributed by atoms with Crippen LogP contribution >= 0.6 is 0 Å². The summed E-state index contributed by atoms with van der Waals surface area (Å²) in [5, 5.41) is 11.2. The Morgan fingerprint density at radius 2 is 1.89 bits per heavy atom. The summed E-state index contributed by atoms with van der Waals surface area (Å²) in [7, 11) is 0. The van der Waals surface area contributed by atoms with Crippen LogP contribution in [-0.4, -0.2) is 41.2 Å². The van der Waals surface area contributed by atoms with Crippen LogP contribution in [0.5, 0.6) is 0 Å². The van der Waals surface area contributed by atoms with Crippen LogP contribution in [0.2, 0.25) is 0 Å². The van der Waals surface area contributed by atoms with Gasteiger partial charge in [-0.2, -0.15) is 18.4 Å². The molecule has 0 aliphatic carbocycles. The molecular weight excluding hydrogens is 378 g/mol. The maximum Gasteiger partial charge on any atom is 0.471 e. The molecule has 3 rings (SSSR count). The highest BCUT2D eigenvalue weighted by Crippen LogP contribution is 2.32. The molecule has 2 aromatic rings. The SMILES string of the molecule is N#Cc1nccnc1N1CCC(c2ccc(F)cc2)C(NC(=O)C(F)(F)F)C1. The Balaban J connectivity index is 1.89. The standard InChI is InChI=1S/C18H15F4N5O/c19-12-3-1-11(2-4-12)13-5-8-27(16-14(9-23)24-6-7-25-16)10-15(13)26-17(28)18(20,21)22/h1-4,6-7,13,15H,5,8,10H2,(H,26,28). The predicted molar refractivity (Wildman–Crippen MR) is 90.7 cm³/mol. The van der Waals surface area contributed by atoms with E-state index in [1.807, 2.05) is 11.4 Å². The number of carbonyl (C=O) groups excluding carboxylic acids is 1. The molecule has 1 saturated heterocycles. The maximum absolute atomic E-state index is 13.2. The third kappa shape index (κ3) is 4.19. The third-order valence-corrected chi connectivity index (χ3v) is 4.57. The molecule has 2 atom stereocenters. The van der Waals surface area contributed by atoms with E-state index in [9.17, 15) is 27.6 Å². The van der Waals surface area contributed by atoms with Crippen molar-refractivity contribution in [1.82, 2.24) is 15.3 Å². The summed E-state index contributed by atoms with van der Waals surface area (Å²) in [6.45, 7) is 0.380. The lowest BCUT2D eigenvalue weighted by Crippen LogP contribution is -2.54. The number of carbonyl (C=O) groups is 1. The molecule has 1 aromatic carbocycles. The van der Waals surface area contributed by atoms with Crippen LogP contribution in [0.3, 0.4) is 0 Å². The zero-order chi connectivity index (χ0) is 20.3. The minimum atomic E-state index is -5.03. The van der Waals surface area contributed by atoms with Crippen LogP contribution in [0.1, 0.15) is 23.6 Å². The fraction of sp³-hybridized carbons (Fsp3) is 0.333. The Hall–Kier alpha value is -3.22. The summed E-state index contributed by atoms with van der Waals surface area (Å²) in [5.41, 5.74) is 0.664. The molecule has 28 heavy (non-hydrogen) atoms. The van der Waals surface area contributed by atoms with E-state index in [1.54, 1.807) is 4.90 Å². The van der Waals surface area contributed by atoms with Gasteiger partial charge in [0.05, 0.1) is 6.04 Å². The molecule has 0 radical (unpaired) electrons. The highest BCUT2D eigenvalue weighted by Gasteiger charge is 2.42. The average Bonchev–Trinajstić information content (AvgIpc) is 2.68. The fourth-order valence-electron chi connectivity index (χ4n) is 3.29. The first-order valence-electron chi connectivity index (χ1n) is 8.39. The van der Waals surface area contributed by atoms with Crippen molar-refractivity contribution in [3.05, 3.63) is 53.7 Å². The van der Waals surface area contributed by atoms with Gasteiger partial charge in [-0.1, -0.05) is 12.1 Å². The zero-order valence-corrected chi connectivity index (χ0v) is 14.4. The molecule has 2 unspecified atom stereocenters. The normalized spacial score (nSPS) is 19.8. The predicted octanol–water partition coefficient (Wildman–Crippen LogP) is 2.53. The molecule has 1 aliphatic heterocycles. The number of nitrogens with one attached hydrogen (secondary N) is 1. The Bertz CT molecular complexity index is 894. The summed E-state index contributed by atoms with van der Waals surface area (Å²) < 4.78 is 51.6. The van der Waals surface area contributed by atoms with Gasteiger partial charge in [-0.05, 0) is 24.1 Å². The first kappa shape index (κ1) is 19.5. The maximum atomic E-state index is 13.2. The molecule has 2 heterocycles. The second-order valence-electron chi connectivity index (χ2n) is 6.31. The van der Waals surface area contributed by atoms with Gasteiger partial charge < -0.3 is 10.2 Å². The number of piperidine rings is 1. The van der Waals surface area contributed by atoms with E-state index in [1.165, 1.54) is 36.7 Å². The number of hydrogen-bond donors (Lipinski definition) is 1. The number of anilines is 1. The molecule has 1 aromatic heterocycles. The summed E-state index contributed by atoms with van der Waals surface area (Å²) in [6, 6.07) is 6.41. The second kappa shape index (κ2) is 7.80. The Labute approximate surface area is 157 Å². The lowest BCUT2D eigenvalue weighted by Gasteiger charge is -2.39. The topological polar surface area (TPSA) is 81.9 Å². The average molecular weight is 393 g/mol. The molecule has 0 saturated carbocycles. The van der Waals surface area contributed by atoms with E-state index in [-0.39, 0.29) is 18.1 Å². The van der Waals surface area contributed by atoms with Gasteiger partial charge >= 0.3 is 12.1 Å². The second-order valence-corrected chi connectivity index (χ2v) is 6.31. The summed E-state index contributed by atoms with van der Waals surface area (Å²) in [4.78, 5) is 21.2. The largest absolute Gasteiger partial charge is 0.471 e. The van der Waals surface area contributed by atoms with E-state index in [4.69, 9.17) is 0 Å². The number of benzene rings is 1. The molecule has 1 amide bonds. The summed E-state index contributed by atoms with van der Waals surface area (Å²) >= 11 is 0. The number of nitriles is 1. The van der Waals surface area contributed by atoms with Crippen LogP contribution in [0.4, 0.5) is 23.4 Å². The highest BCUT2D eigenvalue weighted by molar-refractivity contribution is 5.82. The van der Waals surface area contributed by atoms with Gasteiger partial charge in [0, 0.05) is 31.4 Å². The van der Waals surface area contributed by atoms with Gasteiger partial charge in [-0.3, -0.25) is 4.79 Å². The van der Waals surface area contributed by atoms with E-state index in [2.05, 4.69) is 9.97 Å². The molecule has 0 bridgehead atoms. The van der Waals surface area contributed by atoms with Gasteiger partial charge in [0.25, 0.3) is 0 Å². The van der Waals surface area contributed by atoms with E-state index < -0.39 is 29.9 Å². The van der Waals surface area contributed by atoms with Crippen molar-refractivity contribution in [2.75, 3.05) is 18.0 Å². The number of hydrogen-bond acceptors (Lipinski definition) is 5. The van der Waals surface area contributed by atoms with E-state index >= 15 is 0 Å². The Kier molecular flexibility index (Phi) is 5.44. The molecule has 0 spiro atoms. The van der Waals surface area contributed by atoms with Gasteiger partial charge in [0.1, 0.15) is 11.9 Å². The number of halogens is 4. The van der Waals surface area contributed by atoms with E-state index in [0.717, 1.165) is 0 Å². The molecule has 6 nitrogen and oxygen atoms in total. The van der Waals surface area contributed by atoms with Gasteiger partial charge in [0.15, 0.2) is 11.5 Å². The van der Waals surface area contributed by atoms with Gasteiger partial charge in [0.2, 0.25) is 0 Å². The first-order valence-corrected chi connectivity index (χ1v) is 8.39. The summed E-state index contributed by atoms with van der Waals surface area (Å²) in [6.07, 6.45) is -1.93. The lowest BCUT2D eigenvalue weighted by molar-refractivity contribution is -0.174. The van der Waals surface area contributed by atoms with Crippen molar-refractivity contribution in [2.24, 2.45) is 0 Å². The Morgan fingerprint density at radius 1 is 1.21 bits per heavy atom. The van der Waals surface area contributed by atoms with Gasteiger partial charge in [-0.25, -0.2) is 14.4 Å². The Morgan fingerprint density at radius 3 is 2.54 bits per heavy atom. The van der Waals surface area contributed by atoms with Crippen LogP contribution in [0.15, 0.2) is 36.7 Å². The van der Waals surface area contributed by atoms with Crippen molar-refractivity contribution >= 4 is 11.7 Å². The quantitative estimate of drug-likeness (QED) is 0.811. The van der Waals surface area contributed by atoms with Crippen LogP contribution in [0, 0.1) is 17.1 Å². The number of alkyl halides is 3. The number of amides is 1. The number of nitrogens with zero attached hydrogens (tertiary/aromatic N) is 4. The minimum absolute atomic E-state index is 0.00274. The zero-order valence-electron chi connectivity index (χ0n) is 14.4. The van der Waals surface area contributed by atoms with Crippen molar-refractivity contribution < 1.29 is 22.4 Å². The number of rotatable bonds is 3. The molecular formula is C18H15F4N5O. The van der Waals surface area contributed by atoms with Crippen molar-refractivity contribution in [3.63, 3.8) is 0 Å². The van der Waals surface area contributed by atoms with Crippen LogP contribution in [0.25, 0.3) is 0 Å². The van der Waals surface area contributed by atoms with Crippen molar-refractivity contribution in [1.29, 1.82) is 5.26 Å². The first-order chi connectivity index (χ1) is 13.3.